The summed E-state index contributed by atoms with van der Waals surface area (Å²) >= 11 is 0. The van der Waals surface area contributed by atoms with E-state index in [0.717, 1.165) is 11.7 Å². The van der Waals surface area contributed by atoms with Gasteiger partial charge in [0.2, 0.25) is 0 Å². The van der Waals surface area contributed by atoms with E-state index >= 15 is 0 Å². The van der Waals surface area contributed by atoms with E-state index in [1.54, 1.807) is 0 Å². The van der Waals surface area contributed by atoms with Gasteiger partial charge in [0.05, 0.1) is 18.1 Å². The average Bonchev–Trinajstić information content (AvgIpc) is 2.66. The van der Waals surface area contributed by atoms with Gasteiger partial charge in [-0.25, -0.2) is 9.97 Å². The number of fused-ring (bicyclic) bond motifs is 2. The maximum absolute atomic E-state index is 4.64. The molecule has 2 aliphatic rings. The molecule has 0 N–H and O–H groups in total. The summed E-state index contributed by atoms with van der Waals surface area (Å²) in [5.41, 5.74) is 1.68. The van der Waals surface area contributed by atoms with Crippen LogP contribution in [0.25, 0.3) is 0 Å². The Balaban J connectivity index is 1.80. The molecule has 2 unspecified atom stereocenters. The maximum atomic E-state index is 4.64. The molecule has 2 aliphatic heterocycles. The summed E-state index contributed by atoms with van der Waals surface area (Å²) in [5.74, 6) is 1.78. The van der Waals surface area contributed by atoms with E-state index in [0.29, 0.717) is 17.5 Å². The predicted octanol–water partition coefficient (Wildman–Crippen LogP) is 4.57. The molecule has 1 aromatic heterocycles. The molecule has 122 valence electrons. The zero-order valence-corrected chi connectivity index (χ0v) is 15.1. The van der Waals surface area contributed by atoms with Crippen molar-refractivity contribution in [1.29, 1.82) is 0 Å². The molecule has 0 aromatic carbocycles. The van der Waals surface area contributed by atoms with Gasteiger partial charge in [-0.1, -0.05) is 41.5 Å². The van der Waals surface area contributed by atoms with Crippen LogP contribution in [-0.2, 0) is 5.41 Å². The van der Waals surface area contributed by atoms with Gasteiger partial charge < -0.3 is 4.90 Å². The van der Waals surface area contributed by atoms with E-state index in [9.17, 15) is 0 Å². The molecule has 0 radical (unpaired) electrons. The Morgan fingerprint density at radius 3 is 1.82 bits per heavy atom. The van der Waals surface area contributed by atoms with Crippen molar-refractivity contribution < 1.29 is 0 Å². The molecule has 3 heteroatoms. The summed E-state index contributed by atoms with van der Waals surface area (Å²) in [6.45, 7) is 13.7. The number of piperidine rings is 1. The van der Waals surface area contributed by atoms with E-state index in [-0.39, 0.29) is 5.41 Å². The van der Waals surface area contributed by atoms with Gasteiger partial charge in [-0.15, -0.1) is 0 Å². The molecule has 22 heavy (non-hydrogen) atoms. The first-order valence-corrected chi connectivity index (χ1v) is 8.77. The van der Waals surface area contributed by atoms with Crippen LogP contribution >= 0.6 is 0 Å². The van der Waals surface area contributed by atoms with E-state index in [4.69, 9.17) is 0 Å². The first-order chi connectivity index (χ1) is 10.2. The smallest absolute Gasteiger partial charge is 0.133 e. The Morgan fingerprint density at radius 2 is 1.41 bits per heavy atom. The van der Waals surface area contributed by atoms with Crippen molar-refractivity contribution in [3.8, 4) is 0 Å². The molecule has 3 rings (SSSR count). The second-order valence-corrected chi connectivity index (χ2v) is 9.34. The molecule has 3 heterocycles. The lowest BCUT2D eigenvalue weighted by atomic mass is 9.73. The third kappa shape index (κ3) is 2.87. The minimum Gasteiger partial charge on any atom is -0.363 e. The molecule has 2 fully saturated rings. The number of rotatable bonds is 1. The number of aromatic nitrogens is 2. The fourth-order valence-electron chi connectivity index (χ4n) is 4.15. The van der Waals surface area contributed by atoms with Gasteiger partial charge in [0.15, 0.2) is 0 Å². The third-order valence-electron chi connectivity index (χ3n) is 5.57. The van der Waals surface area contributed by atoms with Crippen LogP contribution in [0.4, 0.5) is 5.69 Å². The largest absolute Gasteiger partial charge is 0.363 e. The minimum absolute atomic E-state index is 0.0245. The number of nitrogens with zero attached hydrogens (tertiary/aromatic N) is 3. The van der Waals surface area contributed by atoms with Crippen LogP contribution < -0.4 is 4.90 Å². The van der Waals surface area contributed by atoms with Crippen molar-refractivity contribution in [2.45, 2.75) is 84.7 Å². The van der Waals surface area contributed by atoms with Gasteiger partial charge in [-0.05, 0) is 37.0 Å². The normalized spacial score (nSPS) is 29.0. The third-order valence-corrected chi connectivity index (χ3v) is 5.57. The summed E-state index contributed by atoms with van der Waals surface area (Å²) in [6, 6.07) is 1.37. The topological polar surface area (TPSA) is 29.0 Å². The van der Waals surface area contributed by atoms with Gasteiger partial charge >= 0.3 is 0 Å². The monoisotopic (exact) mass is 301 g/mol. The molecule has 2 saturated heterocycles. The first-order valence-electron chi connectivity index (χ1n) is 8.77. The molecule has 1 aromatic rings. The highest BCUT2D eigenvalue weighted by Gasteiger charge is 2.44. The maximum Gasteiger partial charge on any atom is 0.133 e. The van der Waals surface area contributed by atoms with Crippen molar-refractivity contribution >= 4 is 5.69 Å². The quantitative estimate of drug-likeness (QED) is 0.761. The Labute approximate surface area is 135 Å². The van der Waals surface area contributed by atoms with Crippen molar-refractivity contribution in [1.82, 2.24) is 9.97 Å². The standard InChI is InChI=1S/C19H31N3/c1-18(2,3)13-9-14-7-8-15(10-13)22(14)16-11-20-17(21-12-16)19(4,5)6/h11-15H,7-10H2,1-6H3. The molecular weight excluding hydrogens is 270 g/mol. The predicted molar refractivity (Wildman–Crippen MR) is 92.2 cm³/mol. The highest BCUT2D eigenvalue weighted by molar-refractivity contribution is 5.47. The van der Waals surface area contributed by atoms with Gasteiger partial charge in [-0.3, -0.25) is 0 Å². The highest BCUT2D eigenvalue weighted by atomic mass is 15.2. The zero-order chi connectivity index (χ0) is 16.1. The van der Waals surface area contributed by atoms with E-state index < -0.39 is 0 Å². The fraction of sp³-hybridized carbons (Fsp3) is 0.789. The summed E-state index contributed by atoms with van der Waals surface area (Å²) in [6.07, 6.45) is 9.41. The average molecular weight is 301 g/mol. The fourth-order valence-corrected chi connectivity index (χ4v) is 4.15. The number of anilines is 1. The summed E-state index contributed by atoms with van der Waals surface area (Å²) in [4.78, 5) is 11.9. The second kappa shape index (κ2) is 5.21. The van der Waals surface area contributed by atoms with Gasteiger partial charge in [0.1, 0.15) is 5.82 Å². The molecular formula is C19H31N3. The van der Waals surface area contributed by atoms with Crippen molar-refractivity contribution in [3.05, 3.63) is 18.2 Å². The van der Waals surface area contributed by atoms with Crippen LogP contribution in [0.15, 0.2) is 12.4 Å². The van der Waals surface area contributed by atoms with Crippen LogP contribution in [0.5, 0.6) is 0 Å². The van der Waals surface area contributed by atoms with Crippen LogP contribution in [0.1, 0.15) is 73.1 Å². The molecule has 2 atom stereocenters. The lowest BCUT2D eigenvalue weighted by Gasteiger charge is -2.44. The molecule has 0 saturated carbocycles. The summed E-state index contributed by atoms with van der Waals surface area (Å²) in [7, 11) is 0. The van der Waals surface area contributed by atoms with Crippen molar-refractivity contribution in [3.63, 3.8) is 0 Å². The van der Waals surface area contributed by atoms with E-state index in [2.05, 4.69) is 68.8 Å². The number of hydrogen-bond acceptors (Lipinski definition) is 3. The zero-order valence-electron chi connectivity index (χ0n) is 15.1. The lowest BCUT2D eigenvalue weighted by molar-refractivity contribution is 0.174. The van der Waals surface area contributed by atoms with Crippen LogP contribution in [0.3, 0.4) is 0 Å². The van der Waals surface area contributed by atoms with E-state index in [1.807, 2.05) is 0 Å². The van der Waals surface area contributed by atoms with Crippen LogP contribution in [-0.4, -0.2) is 22.1 Å². The van der Waals surface area contributed by atoms with Gasteiger partial charge in [0, 0.05) is 17.5 Å². The highest BCUT2D eigenvalue weighted by Crippen LogP contribution is 2.46. The van der Waals surface area contributed by atoms with Crippen molar-refractivity contribution in [2.24, 2.45) is 11.3 Å². The summed E-state index contributed by atoms with van der Waals surface area (Å²) < 4.78 is 0. The summed E-state index contributed by atoms with van der Waals surface area (Å²) in [5, 5.41) is 0. The first kappa shape index (κ1) is 15.8. The van der Waals surface area contributed by atoms with Gasteiger partial charge in [-0.2, -0.15) is 0 Å². The van der Waals surface area contributed by atoms with Crippen LogP contribution in [0, 0.1) is 11.3 Å². The van der Waals surface area contributed by atoms with E-state index in [1.165, 1.54) is 31.4 Å². The molecule has 0 amide bonds. The lowest BCUT2D eigenvalue weighted by Crippen LogP contribution is -2.46. The molecule has 0 aliphatic carbocycles. The Morgan fingerprint density at radius 1 is 0.909 bits per heavy atom. The molecule has 0 spiro atoms. The Hall–Kier alpha value is -1.12. The molecule has 3 nitrogen and oxygen atoms in total. The van der Waals surface area contributed by atoms with Crippen LogP contribution in [0.2, 0.25) is 0 Å². The minimum atomic E-state index is 0.0245. The number of hydrogen-bond donors (Lipinski definition) is 0. The Bertz CT molecular complexity index is 507. The molecule has 2 bridgehead atoms. The van der Waals surface area contributed by atoms with Crippen molar-refractivity contribution in [2.75, 3.05) is 4.90 Å². The SMILES string of the molecule is CC(C)(C)c1ncc(N2C3CCC2CC(C(C)(C)C)C3)cn1. The second-order valence-electron chi connectivity index (χ2n) is 9.34. The Kier molecular flexibility index (Phi) is 3.73. The van der Waals surface area contributed by atoms with Gasteiger partial charge in [0.25, 0.3) is 0 Å².